The van der Waals surface area contributed by atoms with Gasteiger partial charge in [-0.1, -0.05) is 29.8 Å². The Morgan fingerprint density at radius 3 is 2.71 bits per heavy atom. The minimum Gasteiger partial charge on any atom is -0.325 e. The van der Waals surface area contributed by atoms with E-state index in [1.807, 2.05) is 0 Å². The molecule has 1 amide bonds. The number of nitro benzene ring substituents is 1. The molecule has 1 N–H and O–H groups in total. The van der Waals surface area contributed by atoms with Gasteiger partial charge in [0.05, 0.1) is 26.5 Å². The number of carbonyl (C=O) groups is 1. The van der Waals surface area contributed by atoms with Gasteiger partial charge in [-0.3, -0.25) is 14.9 Å². The van der Waals surface area contributed by atoms with Crippen molar-refractivity contribution < 1.29 is 9.72 Å². The summed E-state index contributed by atoms with van der Waals surface area (Å²) < 4.78 is 0.596. The first-order valence-electron chi connectivity index (χ1n) is 5.94. The number of hydrogen-bond acceptors (Lipinski definition) is 3. The first-order chi connectivity index (χ1) is 9.97. The van der Waals surface area contributed by atoms with E-state index in [9.17, 15) is 14.9 Å². The standard InChI is InChI=1S/C14H10BrClN2O3/c15-14-11(16)5-2-6-12(14)17-13(19)8-9-3-1-4-10(7-9)18(20)21/h1-7H,8H2,(H,17,19). The first-order valence-corrected chi connectivity index (χ1v) is 7.11. The molecule has 108 valence electrons. The molecule has 0 unspecified atom stereocenters. The molecule has 0 atom stereocenters. The van der Waals surface area contributed by atoms with Crippen LogP contribution in [0.15, 0.2) is 46.9 Å². The maximum atomic E-state index is 12.0. The summed E-state index contributed by atoms with van der Waals surface area (Å²) in [5, 5.41) is 13.9. The Balaban J connectivity index is 2.10. The van der Waals surface area contributed by atoms with Crippen molar-refractivity contribution in [1.29, 1.82) is 0 Å². The minimum absolute atomic E-state index is 0.0377. The molecule has 0 bridgehead atoms. The highest BCUT2D eigenvalue weighted by Crippen LogP contribution is 2.30. The molecule has 0 radical (unpaired) electrons. The Hall–Kier alpha value is -1.92. The third-order valence-corrected chi connectivity index (χ3v) is 4.11. The van der Waals surface area contributed by atoms with Crippen molar-refractivity contribution in [3.63, 3.8) is 0 Å². The van der Waals surface area contributed by atoms with Gasteiger partial charge in [-0.15, -0.1) is 0 Å². The number of anilines is 1. The number of amides is 1. The Bertz CT molecular complexity index is 706. The Labute approximate surface area is 134 Å². The predicted molar refractivity (Wildman–Crippen MR) is 84.6 cm³/mol. The molecule has 5 nitrogen and oxygen atoms in total. The number of nitrogens with zero attached hydrogens (tertiary/aromatic N) is 1. The lowest BCUT2D eigenvalue weighted by atomic mass is 10.1. The zero-order valence-electron chi connectivity index (χ0n) is 10.7. The van der Waals surface area contributed by atoms with Crippen molar-refractivity contribution in [2.75, 3.05) is 5.32 Å². The number of halogens is 2. The lowest BCUT2D eigenvalue weighted by Gasteiger charge is -2.08. The van der Waals surface area contributed by atoms with Crippen LogP contribution in [-0.2, 0) is 11.2 Å². The van der Waals surface area contributed by atoms with Gasteiger partial charge in [0, 0.05) is 12.1 Å². The maximum Gasteiger partial charge on any atom is 0.269 e. The highest BCUT2D eigenvalue weighted by Gasteiger charge is 2.11. The number of non-ortho nitro benzene ring substituents is 1. The predicted octanol–water partition coefficient (Wildman–Crippen LogP) is 4.19. The van der Waals surface area contributed by atoms with Gasteiger partial charge in [-0.25, -0.2) is 0 Å². The number of nitro groups is 1. The molecule has 21 heavy (non-hydrogen) atoms. The molecule has 2 rings (SSSR count). The number of carbonyl (C=O) groups excluding carboxylic acids is 1. The summed E-state index contributed by atoms with van der Waals surface area (Å²) in [6, 6.07) is 11.1. The monoisotopic (exact) mass is 368 g/mol. The van der Waals surface area contributed by atoms with E-state index in [0.29, 0.717) is 20.7 Å². The fourth-order valence-corrected chi connectivity index (χ4v) is 2.30. The van der Waals surface area contributed by atoms with Gasteiger partial charge in [0.25, 0.3) is 5.69 Å². The van der Waals surface area contributed by atoms with Gasteiger partial charge in [0.2, 0.25) is 5.91 Å². The lowest BCUT2D eigenvalue weighted by molar-refractivity contribution is -0.384. The summed E-state index contributed by atoms with van der Waals surface area (Å²) in [7, 11) is 0. The van der Waals surface area contributed by atoms with Crippen LogP contribution in [0.4, 0.5) is 11.4 Å². The van der Waals surface area contributed by atoms with Crippen molar-refractivity contribution in [1.82, 2.24) is 0 Å². The van der Waals surface area contributed by atoms with E-state index < -0.39 is 4.92 Å². The Morgan fingerprint density at radius 1 is 1.29 bits per heavy atom. The van der Waals surface area contributed by atoms with E-state index in [0.717, 1.165) is 0 Å². The summed E-state index contributed by atoms with van der Waals surface area (Å²) in [4.78, 5) is 22.2. The molecular formula is C14H10BrClN2O3. The summed E-state index contributed by atoms with van der Waals surface area (Å²) in [5.41, 5.74) is 1.09. The molecule has 0 spiro atoms. The van der Waals surface area contributed by atoms with Crippen molar-refractivity contribution in [3.05, 3.63) is 67.6 Å². The van der Waals surface area contributed by atoms with Gasteiger partial charge >= 0.3 is 0 Å². The molecule has 0 fully saturated rings. The summed E-state index contributed by atoms with van der Waals surface area (Å²) in [6.45, 7) is 0. The Morgan fingerprint density at radius 2 is 2.00 bits per heavy atom. The SMILES string of the molecule is O=C(Cc1cccc([N+](=O)[O-])c1)Nc1cccc(Cl)c1Br. The van der Waals surface area contributed by atoms with Crippen LogP contribution in [0.2, 0.25) is 5.02 Å². The van der Waals surface area contributed by atoms with Crippen LogP contribution in [0.25, 0.3) is 0 Å². The zero-order valence-corrected chi connectivity index (χ0v) is 13.0. The summed E-state index contributed by atoms with van der Waals surface area (Å²) in [5.74, 6) is -0.279. The smallest absolute Gasteiger partial charge is 0.269 e. The van der Waals surface area contributed by atoms with Crippen LogP contribution < -0.4 is 5.32 Å². The second-order valence-electron chi connectivity index (χ2n) is 4.25. The van der Waals surface area contributed by atoms with E-state index in [1.54, 1.807) is 30.3 Å². The van der Waals surface area contributed by atoms with Gasteiger partial charge in [0.15, 0.2) is 0 Å². The molecule has 0 aromatic heterocycles. The number of rotatable bonds is 4. The number of nitrogens with one attached hydrogen (secondary N) is 1. The molecule has 2 aromatic rings. The van der Waals surface area contributed by atoms with Gasteiger partial charge in [0.1, 0.15) is 0 Å². The lowest BCUT2D eigenvalue weighted by Crippen LogP contribution is -2.14. The van der Waals surface area contributed by atoms with E-state index in [4.69, 9.17) is 11.6 Å². The molecule has 0 saturated carbocycles. The average Bonchev–Trinajstić information content (AvgIpc) is 2.44. The molecule has 0 aliphatic carbocycles. The largest absolute Gasteiger partial charge is 0.325 e. The second-order valence-corrected chi connectivity index (χ2v) is 5.45. The molecule has 0 aliphatic rings. The molecule has 0 saturated heterocycles. The third-order valence-electron chi connectivity index (χ3n) is 2.71. The second kappa shape index (κ2) is 6.69. The van der Waals surface area contributed by atoms with Crippen LogP contribution in [0.5, 0.6) is 0 Å². The summed E-state index contributed by atoms with van der Waals surface area (Å²) in [6.07, 6.45) is 0.0423. The van der Waals surface area contributed by atoms with Crippen LogP contribution >= 0.6 is 27.5 Å². The fraction of sp³-hybridized carbons (Fsp3) is 0.0714. The van der Waals surface area contributed by atoms with E-state index >= 15 is 0 Å². The molecule has 0 aliphatic heterocycles. The van der Waals surface area contributed by atoms with Gasteiger partial charge in [-0.05, 0) is 33.6 Å². The third kappa shape index (κ3) is 4.03. The van der Waals surface area contributed by atoms with Crippen molar-refractivity contribution >= 4 is 44.8 Å². The van der Waals surface area contributed by atoms with Crippen molar-refractivity contribution in [2.24, 2.45) is 0 Å². The topological polar surface area (TPSA) is 72.2 Å². The molecule has 0 heterocycles. The van der Waals surface area contributed by atoms with Gasteiger partial charge in [-0.2, -0.15) is 0 Å². The molecule has 2 aromatic carbocycles. The van der Waals surface area contributed by atoms with Crippen LogP contribution in [0.1, 0.15) is 5.56 Å². The fourth-order valence-electron chi connectivity index (χ4n) is 1.76. The normalized spacial score (nSPS) is 10.2. The van der Waals surface area contributed by atoms with Crippen LogP contribution in [0, 0.1) is 10.1 Å². The van der Waals surface area contributed by atoms with Crippen molar-refractivity contribution in [2.45, 2.75) is 6.42 Å². The highest BCUT2D eigenvalue weighted by atomic mass is 79.9. The highest BCUT2D eigenvalue weighted by molar-refractivity contribution is 9.10. The maximum absolute atomic E-state index is 12.0. The van der Waals surface area contributed by atoms with E-state index in [1.165, 1.54) is 12.1 Å². The minimum atomic E-state index is -0.491. The van der Waals surface area contributed by atoms with Crippen molar-refractivity contribution in [3.8, 4) is 0 Å². The van der Waals surface area contributed by atoms with Gasteiger partial charge < -0.3 is 5.32 Å². The van der Waals surface area contributed by atoms with Crippen LogP contribution in [-0.4, -0.2) is 10.8 Å². The Kier molecular flexibility index (Phi) is 4.93. The quantitative estimate of drug-likeness (QED) is 0.648. The average molecular weight is 370 g/mol. The number of hydrogen-bond donors (Lipinski definition) is 1. The molecule has 7 heteroatoms. The number of benzene rings is 2. The zero-order chi connectivity index (χ0) is 15.4. The first kappa shape index (κ1) is 15.5. The van der Waals surface area contributed by atoms with E-state index in [-0.39, 0.29) is 18.0 Å². The van der Waals surface area contributed by atoms with E-state index in [2.05, 4.69) is 21.2 Å². The molecular weight excluding hydrogens is 360 g/mol. The van der Waals surface area contributed by atoms with Crippen LogP contribution in [0.3, 0.4) is 0 Å². The summed E-state index contributed by atoms with van der Waals surface area (Å²) >= 11 is 9.23.